The number of hydrogen-bond donors (Lipinski definition) is 0. The van der Waals surface area contributed by atoms with E-state index in [9.17, 15) is 23.6 Å². The molecule has 2 aromatic carbocycles. The predicted octanol–water partition coefficient (Wildman–Crippen LogP) is 4.19. The first-order valence-corrected chi connectivity index (χ1v) is 12.3. The van der Waals surface area contributed by atoms with Crippen LogP contribution in [0.3, 0.4) is 0 Å². The zero-order valence-corrected chi connectivity index (χ0v) is 21.8. The second-order valence-electron chi connectivity index (χ2n) is 8.36. The Morgan fingerprint density at radius 1 is 0.778 bits per heavy atom. The molecule has 4 rings (SSSR count). The fourth-order valence-electron chi connectivity index (χ4n) is 4.05. The molecule has 0 saturated carbocycles. The van der Waals surface area contributed by atoms with Crippen LogP contribution in [0.1, 0.15) is 46.4 Å². The van der Waals surface area contributed by atoms with Gasteiger partial charge < -0.3 is 19.3 Å². The third kappa shape index (κ3) is 6.90. The second kappa shape index (κ2) is 12.6. The van der Waals surface area contributed by atoms with E-state index in [0.717, 1.165) is 10.2 Å². The number of Topliss-reactive ketones (excluding diaryl/α,β-unsaturated/α-hetero) is 2. The molecule has 0 amide bonds. The standard InChI is InChI=1S/C13H14BrNO3.C13H14FNO3/c1-18-13(17)11-8-9(14)2-3-12(11)15-6-4-10(16)5-7-15;1-18-13(17)11-3-2-9(8-12(11)14)15-6-4-10(16)5-7-15/h2*2-3,8H,4-7H2,1H3. The summed E-state index contributed by atoms with van der Waals surface area (Å²) in [5.74, 6) is -1.13. The zero-order valence-electron chi connectivity index (χ0n) is 20.2. The maximum Gasteiger partial charge on any atom is 0.340 e. The van der Waals surface area contributed by atoms with Crippen molar-refractivity contribution >= 4 is 50.8 Å². The predicted molar refractivity (Wildman–Crippen MR) is 136 cm³/mol. The summed E-state index contributed by atoms with van der Waals surface area (Å²) in [4.78, 5) is 49.4. The summed E-state index contributed by atoms with van der Waals surface area (Å²) in [5.41, 5.74) is 1.97. The molecule has 0 atom stereocenters. The lowest BCUT2D eigenvalue weighted by Crippen LogP contribution is -2.34. The first kappa shape index (κ1) is 27.3. The minimum atomic E-state index is -0.687. The van der Waals surface area contributed by atoms with Gasteiger partial charge in [0.2, 0.25) is 0 Å². The highest BCUT2D eigenvalue weighted by Crippen LogP contribution is 2.27. The van der Waals surface area contributed by atoms with Crippen LogP contribution in [0.15, 0.2) is 40.9 Å². The summed E-state index contributed by atoms with van der Waals surface area (Å²) in [6, 6.07) is 9.90. The van der Waals surface area contributed by atoms with E-state index in [4.69, 9.17) is 4.74 Å². The summed E-state index contributed by atoms with van der Waals surface area (Å²) in [5, 5.41) is 0. The largest absolute Gasteiger partial charge is 0.465 e. The molecule has 0 aliphatic carbocycles. The highest BCUT2D eigenvalue weighted by atomic mass is 79.9. The van der Waals surface area contributed by atoms with Crippen LogP contribution >= 0.6 is 15.9 Å². The molecule has 2 aliphatic heterocycles. The minimum absolute atomic E-state index is 0.0747. The molecular weight excluding hydrogens is 535 g/mol. The molecule has 0 N–H and O–H groups in total. The summed E-state index contributed by atoms with van der Waals surface area (Å²) in [6.07, 6.45) is 2.05. The maximum atomic E-state index is 13.7. The Bertz CT molecular complexity index is 1140. The SMILES string of the molecule is COC(=O)c1cc(Br)ccc1N1CCC(=O)CC1.COC(=O)c1ccc(N2CCC(=O)CC2)cc1F. The zero-order chi connectivity index (χ0) is 26.2. The van der Waals surface area contributed by atoms with Crippen LogP contribution in [-0.2, 0) is 19.1 Å². The average molecular weight is 563 g/mol. The summed E-state index contributed by atoms with van der Waals surface area (Å²) in [7, 11) is 2.58. The highest BCUT2D eigenvalue weighted by molar-refractivity contribution is 9.10. The Hall–Kier alpha value is -3.27. The van der Waals surface area contributed by atoms with Crippen molar-refractivity contribution in [3.8, 4) is 0 Å². The van der Waals surface area contributed by atoms with Crippen molar-refractivity contribution in [2.45, 2.75) is 25.7 Å². The van der Waals surface area contributed by atoms with E-state index in [1.54, 1.807) is 12.1 Å². The van der Waals surface area contributed by atoms with E-state index in [-0.39, 0.29) is 23.1 Å². The number of piperidine rings is 2. The van der Waals surface area contributed by atoms with Gasteiger partial charge in [0, 0.05) is 62.0 Å². The first-order chi connectivity index (χ1) is 17.2. The topological polar surface area (TPSA) is 93.2 Å². The molecule has 2 aliphatic rings. The molecule has 0 unspecified atom stereocenters. The Kier molecular flexibility index (Phi) is 9.58. The number of nitrogens with zero attached hydrogens (tertiary/aromatic N) is 2. The number of hydrogen-bond acceptors (Lipinski definition) is 8. The smallest absolute Gasteiger partial charge is 0.340 e. The van der Waals surface area contributed by atoms with Crippen molar-refractivity contribution in [1.82, 2.24) is 0 Å². The van der Waals surface area contributed by atoms with Gasteiger partial charge in [-0.25, -0.2) is 14.0 Å². The van der Waals surface area contributed by atoms with Gasteiger partial charge in [-0.3, -0.25) is 9.59 Å². The van der Waals surface area contributed by atoms with Crippen LogP contribution in [0.2, 0.25) is 0 Å². The van der Waals surface area contributed by atoms with Crippen molar-refractivity contribution in [2.75, 3.05) is 50.2 Å². The van der Waals surface area contributed by atoms with Crippen LogP contribution in [0.25, 0.3) is 0 Å². The number of carbonyl (C=O) groups excluding carboxylic acids is 4. The Morgan fingerprint density at radius 2 is 1.31 bits per heavy atom. The fraction of sp³-hybridized carbons (Fsp3) is 0.385. The number of ether oxygens (including phenoxy) is 2. The lowest BCUT2D eigenvalue weighted by atomic mass is 10.1. The highest BCUT2D eigenvalue weighted by Gasteiger charge is 2.22. The molecule has 2 aromatic rings. The van der Waals surface area contributed by atoms with Gasteiger partial charge >= 0.3 is 11.9 Å². The number of esters is 2. The second-order valence-corrected chi connectivity index (χ2v) is 9.28. The summed E-state index contributed by atoms with van der Waals surface area (Å²) in [6.45, 7) is 2.50. The van der Waals surface area contributed by atoms with Crippen LogP contribution < -0.4 is 9.80 Å². The van der Waals surface area contributed by atoms with E-state index < -0.39 is 11.8 Å². The number of ketones is 2. The molecule has 0 bridgehead atoms. The quantitative estimate of drug-likeness (QED) is 0.512. The Labute approximate surface area is 217 Å². The van der Waals surface area contributed by atoms with Gasteiger partial charge in [0.05, 0.1) is 31.0 Å². The monoisotopic (exact) mass is 562 g/mol. The van der Waals surface area contributed by atoms with Gasteiger partial charge in [-0.05, 0) is 36.4 Å². The molecular formula is C26H28BrFN2O6. The van der Waals surface area contributed by atoms with Crippen molar-refractivity contribution in [1.29, 1.82) is 0 Å². The number of rotatable bonds is 4. The van der Waals surface area contributed by atoms with Gasteiger partial charge in [-0.1, -0.05) is 15.9 Å². The molecule has 2 fully saturated rings. The Morgan fingerprint density at radius 3 is 1.83 bits per heavy atom. The van der Waals surface area contributed by atoms with Gasteiger partial charge in [0.25, 0.3) is 0 Å². The van der Waals surface area contributed by atoms with Gasteiger partial charge in [-0.2, -0.15) is 0 Å². The number of benzene rings is 2. The average Bonchev–Trinajstić information content (AvgIpc) is 2.89. The molecule has 10 heteroatoms. The molecule has 0 spiro atoms. The summed E-state index contributed by atoms with van der Waals surface area (Å²) >= 11 is 3.35. The van der Waals surface area contributed by atoms with E-state index in [1.165, 1.54) is 26.4 Å². The van der Waals surface area contributed by atoms with E-state index in [1.807, 2.05) is 17.0 Å². The number of carbonyl (C=O) groups is 4. The lowest BCUT2D eigenvalue weighted by Gasteiger charge is -2.29. The lowest BCUT2D eigenvalue weighted by molar-refractivity contribution is -0.120. The molecule has 2 heterocycles. The van der Waals surface area contributed by atoms with Crippen molar-refractivity contribution in [3.05, 3.63) is 57.8 Å². The molecule has 0 aromatic heterocycles. The molecule has 0 radical (unpaired) electrons. The summed E-state index contributed by atoms with van der Waals surface area (Å²) < 4.78 is 23.8. The normalized spacial score (nSPS) is 15.7. The molecule has 36 heavy (non-hydrogen) atoms. The third-order valence-electron chi connectivity index (χ3n) is 6.07. The maximum absolute atomic E-state index is 13.7. The molecule has 2 saturated heterocycles. The van der Waals surface area contributed by atoms with Gasteiger partial charge in [0.15, 0.2) is 0 Å². The number of anilines is 2. The molecule has 8 nitrogen and oxygen atoms in total. The van der Waals surface area contributed by atoms with Crippen LogP contribution in [-0.4, -0.2) is 63.9 Å². The fourth-order valence-corrected chi connectivity index (χ4v) is 4.41. The van der Waals surface area contributed by atoms with Gasteiger partial charge in [-0.15, -0.1) is 0 Å². The van der Waals surface area contributed by atoms with Crippen LogP contribution in [0.5, 0.6) is 0 Å². The van der Waals surface area contributed by atoms with Crippen molar-refractivity contribution < 1.29 is 33.0 Å². The van der Waals surface area contributed by atoms with Gasteiger partial charge in [0.1, 0.15) is 17.4 Å². The van der Waals surface area contributed by atoms with Crippen LogP contribution in [0.4, 0.5) is 15.8 Å². The van der Waals surface area contributed by atoms with Crippen LogP contribution in [0, 0.1) is 5.82 Å². The first-order valence-electron chi connectivity index (χ1n) is 11.5. The van der Waals surface area contributed by atoms with E-state index in [2.05, 4.69) is 25.6 Å². The third-order valence-corrected chi connectivity index (χ3v) is 6.56. The van der Waals surface area contributed by atoms with E-state index >= 15 is 0 Å². The van der Waals surface area contributed by atoms with Crippen molar-refractivity contribution in [2.24, 2.45) is 0 Å². The Balaban J connectivity index is 0.000000201. The molecule has 192 valence electrons. The van der Waals surface area contributed by atoms with E-state index in [0.29, 0.717) is 63.1 Å². The number of methoxy groups -OCH3 is 2. The minimum Gasteiger partial charge on any atom is -0.465 e. The number of halogens is 2. The van der Waals surface area contributed by atoms with Crippen molar-refractivity contribution in [3.63, 3.8) is 0 Å².